The van der Waals surface area contributed by atoms with Crippen molar-refractivity contribution in [2.24, 2.45) is 0 Å². The van der Waals surface area contributed by atoms with Crippen molar-refractivity contribution in [2.75, 3.05) is 12.8 Å². The lowest BCUT2D eigenvalue weighted by Crippen LogP contribution is -2.00. The molecule has 0 amide bonds. The van der Waals surface area contributed by atoms with Gasteiger partial charge in [-0.25, -0.2) is 9.97 Å². The van der Waals surface area contributed by atoms with E-state index in [4.69, 9.17) is 10.5 Å². The first kappa shape index (κ1) is 15.1. The van der Waals surface area contributed by atoms with Crippen LogP contribution in [-0.2, 0) is 6.54 Å². The van der Waals surface area contributed by atoms with Gasteiger partial charge < -0.3 is 10.5 Å². The van der Waals surface area contributed by atoms with Crippen molar-refractivity contribution in [3.63, 3.8) is 0 Å². The molecular formula is C19H17N5O. The Morgan fingerprint density at radius 3 is 2.48 bits per heavy atom. The molecule has 4 rings (SSSR count). The maximum Gasteiger partial charge on any atom is 0.186 e. The fourth-order valence-electron chi connectivity index (χ4n) is 2.69. The number of anilines is 1. The molecule has 6 nitrogen and oxygen atoms in total. The van der Waals surface area contributed by atoms with Crippen LogP contribution in [0.4, 0.5) is 5.82 Å². The van der Waals surface area contributed by atoms with Gasteiger partial charge in [0.15, 0.2) is 11.5 Å². The van der Waals surface area contributed by atoms with Crippen LogP contribution in [0.15, 0.2) is 60.8 Å². The molecule has 2 heterocycles. The molecule has 0 fully saturated rings. The van der Waals surface area contributed by atoms with Crippen molar-refractivity contribution in [1.82, 2.24) is 19.7 Å². The van der Waals surface area contributed by atoms with E-state index in [1.807, 2.05) is 65.5 Å². The summed E-state index contributed by atoms with van der Waals surface area (Å²) in [5.74, 6) is 1.85. The number of fused-ring (bicyclic) bond motifs is 1. The first-order valence-electron chi connectivity index (χ1n) is 7.92. The van der Waals surface area contributed by atoms with E-state index in [9.17, 15) is 0 Å². The molecular weight excluding hydrogens is 314 g/mol. The Balaban J connectivity index is 1.68. The Kier molecular flexibility index (Phi) is 3.78. The van der Waals surface area contributed by atoms with E-state index in [1.165, 1.54) is 0 Å². The lowest BCUT2D eigenvalue weighted by atomic mass is 10.2. The summed E-state index contributed by atoms with van der Waals surface area (Å²) in [6, 6.07) is 17.6. The van der Waals surface area contributed by atoms with Gasteiger partial charge in [-0.1, -0.05) is 42.5 Å². The number of methoxy groups -OCH3 is 1. The van der Waals surface area contributed by atoms with Crippen LogP contribution in [-0.4, -0.2) is 26.9 Å². The molecule has 124 valence electrons. The van der Waals surface area contributed by atoms with Crippen LogP contribution in [0.1, 0.15) is 5.56 Å². The van der Waals surface area contributed by atoms with Crippen molar-refractivity contribution in [3.8, 4) is 17.1 Å². The minimum absolute atomic E-state index is 0.435. The number of nitrogens with zero attached hydrogens (tertiary/aromatic N) is 4. The third-order valence-corrected chi connectivity index (χ3v) is 3.99. The zero-order valence-electron chi connectivity index (χ0n) is 13.8. The molecule has 0 spiro atoms. The molecule has 2 N–H and O–H groups in total. The Bertz CT molecular complexity index is 1010. The van der Waals surface area contributed by atoms with Crippen LogP contribution in [0.5, 0.6) is 5.75 Å². The van der Waals surface area contributed by atoms with Gasteiger partial charge in [0.05, 0.1) is 19.0 Å². The van der Waals surface area contributed by atoms with Gasteiger partial charge in [0, 0.05) is 11.8 Å². The van der Waals surface area contributed by atoms with Crippen LogP contribution < -0.4 is 10.5 Å². The van der Waals surface area contributed by atoms with Gasteiger partial charge in [-0.05, 0) is 17.7 Å². The van der Waals surface area contributed by atoms with E-state index in [-0.39, 0.29) is 0 Å². The molecule has 0 aliphatic rings. The van der Waals surface area contributed by atoms with E-state index in [0.717, 1.165) is 22.3 Å². The number of aromatic nitrogens is 4. The van der Waals surface area contributed by atoms with Gasteiger partial charge >= 0.3 is 0 Å². The maximum absolute atomic E-state index is 6.12. The highest BCUT2D eigenvalue weighted by molar-refractivity contribution is 5.86. The van der Waals surface area contributed by atoms with Gasteiger partial charge in [0.1, 0.15) is 11.6 Å². The lowest BCUT2D eigenvalue weighted by Gasteiger charge is -2.03. The van der Waals surface area contributed by atoms with E-state index in [1.54, 1.807) is 7.11 Å². The van der Waals surface area contributed by atoms with Crippen molar-refractivity contribution in [1.29, 1.82) is 0 Å². The highest BCUT2D eigenvalue weighted by Gasteiger charge is 2.11. The smallest absolute Gasteiger partial charge is 0.186 e. The second kappa shape index (κ2) is 6.24. The molecule has 2 aromatic carbocycles. The fraction of sp³-hybridized carbons (Fsp3) is 0.105. The van der Waals surface area contributed by atoms with Crippen molar-refractivity contribution >= 4 is 16.9 Å². The average molecular weight is 331 g/mol. The second-order valence-corrected chi connectivity index (χ2v) is 5.71. The second-order valence-electron chi connectivity index (χ2n) is 5.71. The van der Waals surface area contributed by atoms with Gasteiger partial charge in [-0.15, -0.1) is 0 Å². The first-order valence-corrected chi connectivity index (χ1v) is 7.92. The monoisotopic (exact) mass is 331 g/mol. The summed E-state index contributed by atoms with van der Waals surface area (Å²) >= 11 is 0. The Morgan fingerprint density at radius 2 is 1.76 bits per heavy atom. The molecule has 6 heteroatoms. The van der Waals surface area contributed by atoms with Crippen molar-refractivity contribution in [2.45, 2.75) is 6.54 Å². The normalized spacial score (nSPS) is 10.9. The predicted molar refractivity (Wildman–Crippen MR) is 97.3 cm³/mol. The third kappa shape index (κ3) is 3.01. The summed E-state index contributed by atoms with van der Waals surface area (Å²) in [5, 5.41) is 5.31. The summed E-state index contributed by atoms with van der Waals surface area (Å²) < 4.78 is 7.01. The van der Waals surface area contributed by atoms with Gasteiger partial charge in [-0.3, -0.25) is 4.68 Å². The third-order valence-electron chi connectivity index (χ3n) is 3.99. The zero-order chi connectivity index (χ0) is 17.2. The minimum Gasteiger partial charge on any atom is -0.497 e. The van der Waals surface area contributed by atoms with Crippen molar-refractivity contribution in [3.05, 3.63) is 66.4 Å². The summed E-state index contributed by atoms with van der Waals surface area (Å²) in [6.07, 6.45) is 1.88. The average Bonchev–Trinajstić information content (AvgIpc) is 3.06. The maximum atomic E-state index is 6.12. The SMILES string of the molecule is COc1ccc(Cn2cc3c(N)nc(-c4ccccc4)nc3n2)cc1. The van der Waals surface area contributed by atoms with Gasteiger partial charge in [-0.2, -0.15) is 5.10 Å². The van der Waals surface area contributed by atoms with E-state index in [0.29, 0.717) is 23.8 Å². The van der Waals surface area contributed by atoms with E-state index in [2.05, 4.69) is 15.1 Å². The van der Waals surface area contributed by atoms with Crippen LogP contribution in [0.25, 0.3) is 22.4 Å². The molecule has 4 aromatic rings. The van der Waals surface area contributed by atoms with E-state index < -0.39 is 0 Å². The Morgan fingerprint density at radius 1 is 1.00 bits per heavy atom. The molecule has 0 saturated heterocycles. The molecule has 0 aliphatic carbocycles. The first-order chi connectivity index (χ1) is 12.2. The van der Waals surface area contributed by atoms with Gasteiger partial charge in [0.25, 0.3) is 0 Å². The number of ether oxygens (including phenoxy) is 1. The summed E-state index contributed by atoms with van der Waals surface area (Å²) in [6.45, 7) is 0.625. The molecule has 0 unspecified atom stereocenters. The predicted octanol–water partition coefficient (Wildman–Crippen LogP) is 3.13. The summed E-state index contributed by atoms with van der Waals surface area (Å²) in [5.41, 5.74) is 8.75. The highest BCUT2D eigenvalue weighted by Crippen LogP contribution is 2.22. The number of nitrogens with two attached hydrogens (primary N) is 1. The number of hydrogen-bond acceptors (Lipinski definition) is 5. The lowest BCUT2D eigenvalue weighted by molar-refractivity contribution is 0.414. The van der Waals surface area contributed by atoms with Crippen LogP contribution in [0.2, 0.25) is 0 Å². The molecule has 0 saturated carbocycles. The largest absolute Gasteiger partial charge is 0.497 e. The highest BCUT2D eigenvalue weighted by atomic mass is 16.5. The van der Waals surface area contributed by atoms with Crippen LogP contribution in [0.3, 0.4) is 0 Å². The summed E-state index contributed by atoms with van der Waals surface area (Å²) in [7, 11) is 1.65. The number of rotatable bonds is 4. The molecule has 0 aliphatic heterocycles. The topological polar surface area (TPSA) is 78.9 Å². The Hall–Kier alpha value is -3.41. The van der Waals surface area contributed by atoms with Gasteiger partial charge in [0.2, 0.25) is 0 Å². The zero-order valence-corrected chi connectivity index (χ0v) is 13.8. The number of nitrogen functional groups attached to an aromatic ring is 1. The molecule has 25 heavy (non-hydrogen) atoms. The van der Waals surface area contributed by atoms with Crippen LogP contribution in [0, 0.1) is 0 Å². The molecule has 0 atom stereocenters. The van der Waals surface area contributed by atoms with E-state index >= 15 is 0 Å². The molecule has 0 bridgehead atoms. The standard InChI is InChI=1S/C19H17N5O/c1-25-15-9-7-13(8-10-15)11-24-12-16-17(20)21-18(22-19(16)23-24)14-5-3-2-4-6-14/h2-10,12H,11H2,1H3,(H2,20,21,22,23). The quantitative estimate of drug-likeness (QED) is 0.621. The van der Waals surface area contributed by atoms with Crippen molar-refractivity contribution < 1.29 is 4.74 Å². The number of benzene rings is 2. The molecule has 2 aromatic heterocycles. The fourth-order valence-corrected chi connectivity index (χ4v) is 2.69. The van der Waals surface area contributed by atoms with Crippen LogP contribution >= 0.6 is 0 Å². The Labute approximate surface area is 144 Å². The summed E-state index contributed by atoms with van der Waals surface area (Å²) in [4.78, 5) is 8.96. The number of hydrogen-bond donors (Lipinski definition) is 1. The molecule has 0 radical (unpaired) electrons. The minimum atomic E-state index is 0.435.